The molecule has 0 spiro atoms. The summed E-state index contributed by atoms with van der Waals surface area (Å²) in [6.45, 7) is 4.64. The molecule has 21 heavy (non-hydrogen) atoms. The Labute approximate surface area is 124 Å². The summed E-state index contributed by atoms with van der Waals surface area (Å²) in [6, 6.07) is 6.23. The lowest BCUT2D eigenvalue weighted by atomic mass is 10.2. The predicted molar refractivity (Wildman–Crippen MR) is 76.3 cm³/mol. The number of amides is 1. The largest absolute Gasteiger partial charge is 0.353 e. The fourth-order valence-corrected chi connectivity index (χ4v) is 3.85. The number of ether oxygens (including phenoxy) is 2. The molecule has 0 radical (unpaired) electrons. The first kappa shape index (κ1) is 15.9. The van der Waals surface area contributed by atoms with Crippen molar-refractivity contribution < 1.29 is 22.7 Å². The molecule has 0 aliphatic carbocycles. The van der Waals surface area contributed by atoms with Crippen LogP contribution in [0.25, 0.3) is 0 Å². The maximum atomic E-state index is 12.3. The highest BCUT2D eigenvalue weighted by Gasteiger charge is 2.40. The topological polar surface area (TPSA) is 72.9 Å². The summed E-state index contributed by atoms with van der Waals surface area (Å²) < 4.78 is 36.3. The van der Waals surface area contributed by atoms with E-state index in [2.05, 4.69) is 0 Å². The summed E-state index contributed by atoms with van der Waals surface area (Å²) in [6.07, 6.45) is -0.201. The molecule has 0 saturated carbocycles. The molecule has 1 aliphatic rings. The van der Waals surface area contributed by atoms with Crippen LogP contribution in [0.1, 0.15) is 30.6 Å². The van der Waals surface area contributed by atoms with Crippen molar-refractivity contribution in [3.8, 4) is 0 Å². The van der Waals surface area contributed by atoms with Gasteiger partial charge in [-0.15, -0.1) is 0 Å². The Balaban J connectivity index is 2.13. The number of carbonyl (C=O) groups is 1. The van der Waals surface area contributed by atoms with E-state index in [1.165, 1.54) is 12.1 Å². The van der Waals surface area contributed by atoms with Gasteiger partial charge in [0.25, 0.3) is 15.9 Å². The Bertz CT molecular complexity index is 608. The lowest BCUT2D eigenvalue weighted by molar-refractivity contribution is -0.139. The van der Waals surface area contributed by atoms with Crippen molar-refractivity contribution in [2.24, 2.45) is 0 Å². The van der Waals surface area contributed by atoms with Crippen LogP contribution in [-0.4, -0.2) is 44.7 Å². The molecule has 1 aromatic carbocycles. The average molecular weight is 313 g/mol. The number of benzene rings is 1. The van der Waals surface area contributed by atoms with Crippen molar-refractivity contribution in [3.05, 3.63) is 29.8 Å². The second-order valence-corrected chi connectivity index (χ2v) is 6.34. The molecule has 7 heteroatoms. The minimum Gasteiger partial charge on any atom is -0.353 e. The Morgan fingerprint density at radius 3 is 2.33 bits per heavy atom. The maximum absolute atomic E-state index is 12.3. The van der Waals surface area contributed by atoms with Gasteiger partial charge in [-0.1, -0.05) is 12.1 Å². The SMILES string of the molecule is CCOC(CCN1C(=O)c2ccccc2S1(=O)=O)OCC. The standard InChI is InChI=1S/C14H19NO5S/c1-3-19-13(20-4-2)9-10-15-14(16)11-7-5-6-8-12(11)21(15,17)18/h5-8,13H,3-4,9-10H2,1-2H3. The Morgan fingerprint density at radius 2 is 1.76 bits per heavy atom. The van der Waals surface area contributed by atoms with Crippen LogP contribution in [-0.2, 0) is 19.5 Å². The first-order chi connectivity index (χ1) is 10.0. The zero-order valence-electron chi connectivity index (χ0n) is 12.1. The number of hydrogen-bond acceptors (Lipinski definition) is 5. The summed E-state index contributed by atoms with van der Waals surface area (Å²) in [5.74, 6) is -0.489. The van der Waals surface area contributed by atoms with Gasteiger partial charge in [-0.25, -0.2) is 12.7 Å². The van der Waals surface area contributed by atoms with E-state index in [0.717, 1.165) is 4.31 Å². The van der Waals surface area contributed by atoms with E-state index in [-0.39, 0.29) is 17.0 Å². The van der Waals surface area contributed by atoms with Crippen LogP contribution in [0.15, 0.2) is 29.2 Å². The molecule has 1 aromatic rings. The molecule has 0 saturated heterocycles. The first-order valence-electron chi connectivity index (χ1n) is 6.91. The fraction of sp³-hybridized carbons (Fsp3) is 0.500. The third kappa shape index (κ3) is 3.09. The smallest absolute Gasteiger partial charge is 0.269 e. The fourth-order valence-electron chi connectivity index (χ4n) is 2.26. The van der Waals surface area contributed by atoms with E-state index < -0.39 is 22.2 Å². The van der Waals surface area contributed by atoms with Crippen molar-refractivity contribution in [1.82, 2.24) is 4.31 Å². The van der Waals surface area contributed by atoms with Gasteiger partial charge in [-0.2, -0.15) is 0 Å². The van der Waals surface area contributed by atoms with Gasteiger partial charge in [0.1, 0.15) is 4.90 Å². The van der Waals surface area contributed by atoms with Gasteiger partial charge in [0.05, 0.1) is 5.56 Å². The van der Waals surface area contributed by atoms with Gasteiger partial charge < -0.3 is 9.47 Å². The Morgan fingerprint density at radius 1 is 1.14 bits per heavy atom. The van der Waals surface area contributed by atoms with Crippen LogP contribution in [0.2, 0.25) is 0 Å². The minimum absolute atomic E-state index is 0.0422. The molecule has 0 unspecified atom stereocenters. The summed E-state index contributed by atoms with van der Waals surface area (Å²) >= 11 is 0. The minimum atomic E-state index is -3.75. The molecule has 1 amide bonds. The molecular weight excluding hydrogens is 294 g/mol. The second-order valence-electron chi connectivity index (χ2n) is 4.51. The summed E-state index contributed by atoms with van der Waals surface area (Å²) in [5.41, 5.74) is 0.224. The number of rotatable bonds is 7. The molecule has 0 fully saturated rings. The maximum Gasteiger partial charge on any atom is 0.269 e. The second kappa shape index (κ2) is 6.55. The van der Waals surface area contributed by atoms with Crippen molar-refractivity contribution in [2.75, 3.05) is 19.8 Å². The van der Waals surface area contributed by atoms with E-state index >= 15 is 0 Å². The van der Waals surface area contributed by atoms with Crippen LogP contribution in [0.4, 0.5) is 0 Å². The number of nitrogens with zero attached hydrogens (tertiary/aromatic N) is 1. The molecule has 0 aromatic heterocycles. The zero-order chi connectivity index (χ0) is 15.5. The van der Waals surface area contributed by atoms with Crippen molar-refractivity contribution in [1.29, 1.82) is 0 Å². The van der Waals surface area contributed by atoms with Crippen LogP contribution >= 0.6 is 0 Å². The van der Waals surface area contributed by atoms with Crippen LogP contribution in [0.3, 0.4) is 0 Å². The van der Waals surface area contributed by atoms with Crippen LogP contribution in [0, 0.1) is 0 Å². The van der Waals surface area contributed by atoms with Crippen molar-refractivity contribution in [2.45, 2.75) is 31.5 Å². The van der Waals surface area contributed by atoms with Crippen LogP contribution < -0.4 is 0 Å². The van der Waals surface area contributed by atoms with E-state index in [0.29, 0.717) is 19.6 Å². The first-order valence-corrected chi connectivity index (χ1v) is 8.35. The molecule has 2 rings (SSSR count). The van der Waals surface area contributed by atoms with Crippen molar-refractivity contribution in [3.63, 3.8) is 0 Å². The van der Waals surface area contributed by atoms with E-state index in [4.69, 9.17) is 9.47 Å². The van der Waals surface area contributed by atoms with E-state index in [1.807, 2.05) is 13.8 Å². The average Bonchev–Trinajstić information content (AvgIpc) is 2.65. The highest BCUT2D eigenvalue weighted by atomic mass is 32.2. The molecule has 1 aliphatic heterocycles. The molecule has 116 valence electrons. The monoisotopic (exact) mass is 313 g/mol. The third-order valence-corrected chi connectivity index (χ3v) is 5.03. The highest BCUT2D eigenvalue weighted by molar-refractivity contribution is 7.90. The molecule has 0 bridgehead atoms. The van der Waals surface area contributed by atoms with E-state index in [1.54, 1.807) is 12.1 Å². The van der Waals surface area contributed by atoms with Gasteiger partial charge >= 0.3 is 0 Å². The molecule has 6 nitrogen and oxygen atoms in total. The third-order valence-electron chi connectivity index (χ3n) is 3.19. The quantitative estimate of drug-likeness (QED) is 0.715. The van der Waals surface area contributed by atoms with Gasteiger partial charge in [-0.05, 0) is 26.0 Å². The van der Waals surface area contributed by atoms with Crippen molar-refractivity contribution >= 4 is 15.9 Å². The number of sulfonamides is 1. The molecule has 1 heterocycles. The van der Waals surface area contributed by atoms with Gasteiger partial charge in [0.2, 0.25) is 0 Å². The molecular formula is C14H19NO5S. The molecule has 0 N–H and O–H groups in total. The van der Waals surface area contributed by atoms with Gasteiger partial charge in [0.15, 0.2) is 6.29 Å². The summed E-state index contributed by atoms with van der Waals surface area (Å²) in [4.78, 5) is 12.3. The molecule has 0 atom stereocenters. The number of hydrogen-bond donors (Lipinski definition) is 0. The highest BCUT2D eigenvalue weighted by Crippen LogP contribution is 2.30. The number of carbonyl (C=O) groups excluding carboxylic acids is 1. The summed E-state index contributed by atoms with van der Waals surface area (Å²) in [7, 11) is -3.75. The lowest BCUT2D eigenvalue weighted by Crippen LogP contribution is -2.34. The Hall–Kier alpha value is -1.44. The normalized spacial score (nSPS) is 16.5. The number of fused-ring (bicyclic) bond motifs is 1. The van der Waals surface area contributed by atoms with E-state index in [9.17, 15) is 13.2 Å². The Kier molecular flexibility index (Phi) is 4.97. The van der Waals surface area contributed by atoms with Crippen LogP contribution in [0.5, 0.6) is 0 Å². The zero-order valence-corrected chi connectivity index (χ0v) is 12.9. The van der Waals surface area contributed by atoms with Gasteiger partial charge in [0, 0.05) is 26.2 Å². The van der Waals surface area contributed by atoms with Gasteiger partial charge in [-0.3, -0.25) is 4.79 Å². The predicted octanol–water partition coefficient (Wildman–Crippen LogP) is 1.62. The summed E-state index contributed by atoms with van der Waals surface area (Å²) in [5, 5.41) is 0. The lowest BCUT2D eigenvalue weighted by Gasteiger charge is -2.20.